The van der Waals surface area contributed by atoms with Crippen molar-refractivity contribution in [1.29, 1.82) is 0 Å². The number of rotatable bonds is 5. The Morgan fingerprint density at radius 1 is 1.26 bits per heavy atom. The first-order valence-electron chi connectivity index (χ1n) is 6.56. The quantitative estimate of drug-likeness (QED) is 0.881. The molecular weight excluding hydrogens is 262 g/mol. The maximum absolute atomic E-state index is 11.7. The predicted octanol–water partition coefficient (Wildman–Crippen LogP) is 1.17. The van der Waals surface area contributed by atoms with Gasteiger partial charge in [-0.2, -0.15) is 0 Å². The lowest BCUT2D eigenvalue weighted by Gasteiger charge is -2.08. The number of nitrogens with one attached hydrogen (secondary N) is 1. The first-order valence-corrected chi connectivity index (χ1v) is 8.38. The normalized spacial score (nSPS) is 21.2. The van der Waals surface area contributed by atoms with E-state index in [4.69, 9.17) is 0 Å². The van der Waals surface area contributed by atoms with Crippen LogP contribution in [0, 0.1) is 5.92 Å². The largest absolute Gasteiger partial charge is 0.356 e. The van der Waals surface area contributed by atoms with E-state index in [1.165, 1.54) is 5.56 Å². The van der Waals surface area contributed by atoms with E-state index >= 15 is 0 Å². The molecule has 1 atom stereocenters. The van der Waals surface area contributed by atoms with Gasteiger partial charge in [-0.3, -0.25) is 4.79 Å². The molecule has 0 spiro atoms. The lowest BCUT2D eigenvalue weighted by molar-refractivity contribution is -0.121. The van der Waals surface area contributed by atoms with Gasteiger partial charge in [0.25, 0.3) is 0 Å². The minimum absolute atomic E-state index is 0.00160. The Hall–Kier alpha value is -1.36. The molecule has 0 bridgehead atoms. The molecule has 1 saturated heterocycles. The summed E-state index contributed by atoms with van der Waals surface area (Å²) < 4.78 is 22.6. The van der Waals surface area contributed by atoms with E-state index in [0.29, 0.717) is 19.4 Å². The molecule has 1 N–H and O–H groups in total. The summed E-state index contributed by atoms with van der Waals surface area (Å²) in [6, 6.07) is 9.95. The second-order valence-electron chi connectivity index (χ2n) is 5.06. The molecule has 0 radical (unpaired) electrons. The van der Waals surface area contributed by atoms with Crippen LogP contribution >= 0.6 is 0 Å². The van der Waals surface area contributed by atoms with Gasteiger partial charge in [-0.15, -0.1) is 0 Å². The number of hydrogen-bond acceptors (Lipinski definition) is 3. The molecular formula is C14H19NO3S. The van der Waals surface area contributed by atoms with E-state index in [2.05, 4.69) is 5.32 Å². The molecule has 2 rings (SSSR count). The molecule has 1 aromatic carbocycles. The lowest BCUT2D eigenvalue weighted by atomic mass is 10.0. The van der Waals surface area contributed by atoms with Crippen LogP contribution in [0.15, 0.2) is 30.3 Å². The van der Waals surface area contributed by atoms with Crippen LogP contribution in [0.1, 0.15) is 18.4 Å². The fourth-order valence-electron chi connectivity index (χ4n) is 2.36. The van der Waals surface area contributed by atoms with E-state index in [0.717, 1.165) is 6.42 Å². The Bertz CT molecular complexity index is 525. The summed E-state index contributed by atoms with van der Waals surface area (Å²) in [6.45, 7) is 0.600. The molecule has 104 valence electrons. The predicted molar refractivity (Wildman–Crippen MR) is 74.5 cm³/mol. The maximum Gasteiger partial charge on any atom is 0.220 e. The first-order chi connectivity index (χ1) is 9.05. The van der Waals surface area contributed by atoms with Gasteiger partial charge >= 0.3 is 0 Å². The van der Waals surface area contributed by atoms with Crippen LogP contribution in [0.25, 0.3) is 0 Å². The van der Waals surface area contributed by atoms with Crippen molar-refractivity contribution in [3.05, 3.63) is 35.9 Å². The van der Waals surface area contributed by atoms with Crippen molar-refractivity contribution in [2.45, 2.75) is 19.3 Å². The van der Waals surface area contributed by atoms with Crippen LogP contribution in [0.5, 0.6) is 0 Å². The smallest absolute Gasteiger partial charge is 0.220 e. The zero-order valence-corrected chi connectivity index (χ0v) is 11.7. The lowest BCUT2D eigenvalue weighted by Crippen LogP contribution is -2.27. The number of carbonyl (C=O) groups excluding carboxylic acids is 1. The summed E-state index contributed by atoms with van der Waals surface area (Å²) in [4.78, 5) is 11.7. The third kappa shape index (κ3) is 4.67. The minimum Gasteiger partial charge on any atom is -0.356 e. The topological polar surface area (TPSA) is 63.2 Å². The highest BCUT2D eigenvalue weighted by atomic mass is 32.2. The van der Waals surface area contributed by atoms with Crippen LogP contribution in [0.4, 0.5) is 0 Å². The molecule has 19 heavy (non-hydrogen) atoms. The zero-order chi connectivity index (χ0) is 13.7. The third-order valence-corrected chi connectivity index (χ3v) is 5.22. The maximum atomic E-state index is 11.7. The highest BCUT2D eigenvalue weighted by Crippen LogP contribution is 2.21. The van der Waals surface area contributed by atoms with Gasteiger partial charge in [-0.05, 0) is 24.3 Å². The van der Waals surface area contributed by atoms with Crippen LogP contribution in [-0.2, 0) is 21.1 Å². The Morgan fingerprint density at radius 2 is 2.00 bits per heavy atom. The molecule has 1 amide bonds. The monoisotopic (exact) mass is 281 g/mol. The summed E-state index contributed by atoms with van der Waals surface area (Å²) >= 11 is 0. The molecule has 1 fully saturated rings. The average molecular weight is 281 g/mol. The molecule has 1 unspecified atom stereocenters. The minimum atomic E-state index is -2.88. The fraction of sp³-hybridized carbons (Fsp3) is 0.500. The van der Waals surface area contributed by atoms with Crippen molar-refractivity contribution in [3.8, 4) is 0 Å². The van der Waals surface area contributed by atoms with Crippen molar-refractivity contribution in [2.24, 2.45) is 5.92 Å². The number of hydrogen-bond donors (Lipinski definition) is 1. The van der Waals surface area contributed by atoms with E-state index in [1.54, 1.807) is 0 Å². The Morgan fingerprint density at radius 3 is 2.63 bits per heavy atom. The van der Waals surface area contributed by atoms with Crippen molar-refractivity contribution in [2.75, 3.05) is 18.1 Å². The Kier molecular flexibility index (Phi) is 4.58. The second-order valence-corrected chi connectivity index (χ2v) is 7.29. The van der Waals surface area contributed by atoms with Gasteiger partial charge in [-0.25, -0.2) is 8.42 Å². The highest BCUT2D eigenvalue weighted by molar-refractivity contribution is 7.91. The summed E-state index contributed by atoms with van der Waals surface area (Å²) in [7, 11) is -2.88. The Balaban J connectivity index is 1.68. The number of sulfone groups is 1. The van der Waals surface area contributed by atoms with Gasteiger partial charge in [0.2, 0.25) is 5.91 Å². The van der Waals surface area contributed by atoms with E-state index in [1.807, 2.05) is 30.3 Å². The zero-order valence-electron chi connectivity index (χ0n) is 10.8. The highest BCUT2D eigenvalue weighted by Gasteiger charge is 2.29. The van der Waals surface area contributed by atoms with Crippen LogP contribution in [0.2, 0.25) is 0 Å². The van der Waals surface area contributed by atoms with Crippen molar-refractivity contribution >= 4 is 15.7 Å². The Labute approximate surface area is 114 Å². The SMILES string of the molecule is O=C(CC1CCS(=O)(=O)C1)NCCc1ccccc1. The molecule has 1 aliphatic heterocycles. The van der Waals surface area contributed by atoms with Crippen molar-refractivity contribution in [3.63, 3.8) is 0 Å². The van der Waals surface area contributed by atoms with Gasteiger partial charge < -0.3 is 5.32 Å². The molecule has 4 nitrogen and oxygen atoms in total. The summed E-state index contributed by atoms with van der Waals surface area (Å²) in [6.07, 6.45) is 1.75. The summed E-state index contributed by atoms with van der Waals surface area (Å²) in [5.41, 5.74) is 1.19. The van der Waals surface area contributed by atoms with Crippen LogP contribution in [-0.4, -0.2) is 32.4 Å². The molecule has 1 heterocycles. The van der Waals surface area contributed by atoms with Crippen molar-refractivity contribution in [1.82, 2.24) is 5.32 Å². The van der Waals surface area contributed by atoms with Gasteiger partial charge in [0.1, 0.15) is 0 Å². The third-order valence-electron chi connectivity index (χ3n) is 3.38. The van der Waals surface area contributed by atoms with Gasteiger partial charge in [0.15, 0.2) is 9.84 Å². The first kappa shape index (κ1) is 14.1. The molecule has 1 aromatic rings. The fourth-order valence-corrected chi connectivity index (χ4v) is 4.22. The van der Waals surface area contributed by atoms with Crippen LogP contribution < -0.4 is 5.32 Å². The van der Waals surface area contributed by atoms with E-state index in [-0.39, 0.29) is 23.3 Å². The van der Waals surface area contributed by atoms with E-state index < -0.39 is 9.84 Å². The summed E-state index contributed by atoms with van der Waals surface area (Å²) in [5, 5.41) is 2.85. The average Bonchev–Trinajstić information content (AvgIpc) is 2.70. The molecule has 0 aliphatic carbocycles. The van der Waals surface area contributed by atoms with Crippen molar-refractivity contribution < 1.29 is 13.2 Å². The van der Waals surface area contributed by atoms with Gasteiger partial charge in [0, 0.05) is 13.0 Å². The molecule has 0 aromatic heterocycles. The van der Waals surface area contributed by atoms with Crippen LogP contribution in [0.3, 0.4) is 0 Å². The number of carbonyl (C=O) groups is 1. The molecule has 5 heteroatoms. The number of benzene rings is 1. The van der Waals surface area contributed by atoms with Gasteiger partial charge in [-0.1, -0.05) is 30.3 Å². The van der Waals surface area contributed by atoms with E-state index in [9.17, 15) is 13.2 Å². The molecule has 0 saturated carbocycles. The van der Waals surface area contributed by atoms with Gasteiger partial charge in [0.05, 0.1) is 11.5 Å². The molecule has 1 aliphatic rings. The summed E-state index contributed by atoms with van der Waals surface area (Å²) in [5.74, 6) is 0.355. The second kappa shape index (κ2) is 6.19. The number of amides is 1. The standard InChI is InChI=1S/C14H19NO3S/c16-14(10-13-7-9-19(17,18)11-13)15-8-6-12-4-2-1-3-5-12/h1-5,13H,6-11H2,(H,15,16).